The summed E-state index contributed by atoms with van der Waals surface area (Å²) < 4.78 is 5.42. The third-order valence-electron chi connectivity index (χ3n) is 3.82. The van der Waals surface area contributed by atoms with Crippen LogP contribution in [0.4, 0.5) is 0 Å². The summed E-state index contributed by atoms with van der Waals surface area (Å²) in [4.78, 5) is 23.4. The summed E-state index contributed by atoms with van der Waals surface area (Å²) in [6.07, 6.45) is 2.05. The van der Waals surface area contributed by atoms with Crippen LogP contribution >= 0.6 is 23.2 Å². The van der Waals surface area contributed by atoms with Crippen molar-refractivity contribution < 1.29 is 14.3 Å². The van der Waals surface area contributed by atoms with Crippen LogP contribution in [0.1, 0.15) is 35.7 Å². The van der Waals surface area contributed by atoms with Crippen molar-refractivity contribution >= 4 is 34.9 Å². The van der Waals surface area contributed by atoms with Gasteiger partial charge >= 0.3 is 0 Å². The molecule has 0 atom stereocenters. The first kappa shape index (κ1) is 20.3. The molecule has 0 radical (unpaired) electrons. The molecule has 26 heavy (non-hydrogen) atoms. The molecule has 0 fully saturated rings. The molecule has 0 saturated carbocycles. The van der Waals surface area contributed by atoms with E-state index in [1.54, 1.807) is 30.3 Å². The zero-order chi connectivity index (χ0) is 18.9. The van der Waals surface area contributed by atoms with Gasteiger partial charge in [-0.15, -0.1) is 0 Å². The average molecular weight is 394 g/mol. The van der Waals surface area contributed by atoms with Crippen LogP contribution < -0.4 is 10.1 Å². The molecule has 0 aromatic heterocycles. The number of carbonyl (C=O) groups excluding carboxylic acids is 2. The molecule has 2 aromatic carbocycles. The number of ketones is 1. The van der Waals surface area contributed by atoms with Crippen LogP contribution in [-0.2, 0) is 11.2 Å². The molecule has 0 bridgehead atoms. The van der Waals surface area contributed by atoms with Gasteiger partial charge < -0.3 is 10.1 Å². The minimum atomic E-state index is -0.187. The van der Waals surface area contributed by atoms with Crippen LogP contribution in [0.5, 0.6) is 5.75 Å². The highest BCUT2D eigenvalue weighted by atomic mass is 35.5. The van der Waals surface area contributed by atoms with Crippen LogP contribution in [-0.4, -0.2) is 24.8 Å². The lowest BCUT2D eigenvalue weighted by Crippen LogP contribution is -2.29. The van der Waals surface area contributed by atoms with E-state index in [0.29, 0.717) is 34.3 Å². The van der Waals surface area contributed by atoms with Crippen molar-refractivity contribution in [3.63, 3.8) is 0 Å². The van der Waals surface area contributed by atoms with E-state index < -0.39 is 0 Å². The molecule has 0 spiro atoms. The van der Waals surface area contributed by atoms with E-state index in [0.717, 1.165) is 18.4 Å². The summed E-state index contributed by atoms with van der Waals surface area (Å²) in [5.74, 6) is 0.452. The maximum atomic E-state index is 11.8. The van der Waals surface area contributed by atoms with E-state index in [4.69, 9.17) is 27.9 Å². The normalized spacial score (nSPS) is 10.4. The van der Waals surface area contributed by atoms with Crippen molar-refractivity contribution in [2.75, 3.05) is 13.2 Å². The van der Waals surface area contributed by atoms with E-state index in [9.17, 15) is 9.59 Å². The Kier molecular flexibility index (Phi) is 7.95. The van der Waals surface area contributed by atoms with Gasteiger partial charge in [-0.05, 0) is 54.8 Å². The third kappa shape index (κ3) is 6.36. The number of benzene rings is 2. The fourth-order valence-corrected chi connectivity index (χ4v) is 2.68. The third-order valence-corrected chi connectivity index (χ3v) is 4.55. The second-order valence-corrected chi connectivity index (χ2v) is 6.61. The van der Waals surface area contributed by atoms with Crippen LogP contribution in [0, 0.1) is 0 Å². The number of amides is 1. The lowest BCUT2D eigenvalue weighted by Gasteiger charge is -2.08. The number of rotatable bonds is 9. The standard InChI is InChI=1S/C20H21Cl2NO3/c1-2-19(24)15-6-8-16(9-7-15)26-13-20(25)23-11-3-4-14-5-10-17(21)18(22)12-14/h5-10,12H,2-4,11,13H2,1H3,(H,23,25). The van der Waals surface area contributed by atoms with Crippen LogP contribution in [0.3, 0.4) is 0 Å². The van der Waals surface area contributed by atoms with E-state index in [1.807, 2.05) is 19.1 Å². The van der Waals surface area contributed by atoms with Gasteiger partial charge in [-0.1, -0.05) is 36.2 Å². The SMILES string of the molecule is CCC(=O)c1ccc(OCC(=O)NCCCc2ccc(Cl)c(Cl)c2)cc1. The molecule has 1 N–H and O–H groups in total. The van der Waals surface area contributed by atoms with Crippen molar-refractivity contribution in [3.05, 3.63) is 63.6 Å². The lowest BCUT2D eigenvalue weighted by atomic mass is 10.1. The minimum absolute atomic E-state index is 0.0617. The van der Waals surface area contributed by atoms with Gasteiger partial charge in [0, 0.05) is 18.5 Å². The first-order valence-electron chi connectivity index (χ1n) is 8.46. The number of hydrogen-bond acceptors (Lipinski definition) is 3. The monoisotopic (exact) mass is 393 g/mol. The zero-order valence-electron chi connectivity index (χ0n) is 14.6. The molecule has 0 aliphatic heterocycles. The molecule has 6 heteroatoms. The van der Waals surface area contributed by atoms with Crippen molar-refractivity contribution in [3.8, 4) is 5.75 Å². The van der Waals surface area contributed by atoms with Gasteiger partial charge in [0.2, 0.25) is 0 Å². The molecule has 2 aromatic rings. The van der Waals surface area contributed by atoms with E-state index >= 15 is 0 Å². The Bertz CT molecular complexity index is 760. The maximum absolute atomic E-state index is 11.8. The lowest BCUT2D eigenvalue weighted by molar-refractivity contribution is -0.123. The summed E-state index contributed by atoms with van der Waals surface area (Å²) >= 11 is 11.9. The quantitative estimate of drug-likeness (QED) is 0.495. The molecule has 1 amide bonds. The molecule has 4 nitrogen and oxygen atoms in total. The molecule has 2 rings (SSSR count). The summed E-state index contributed by atoms with van der Waals surface area (Å²) in [5, 5.41) is 3.88. The highest BCUT2D eigenvalue weighted by Gasteiger charge is 2.05. The molecular formula is C20H21Cl2NO3. The molecule has 0 aliphatic rings. The van der Waals surface area contributed by atoms with Gasteiger partial charge in [-0.3, -0.25) is 9.59 Å². The van der Waals surface area contributed by atoms with Crippen LogP contribution in [0.25, 0.3) is 0 Å². The predicted octanol–water partition coefficient (Wildman–Crippen LogP) is 4.71. The second-order valence-electron chi connectivity index (χ2n) is 5.79. The Morgan fingerprint density at radius 2 is 1.77 bits per heavy atom. The van der Waals surface area contributed by atoms with Gasteiger partial charge in [-0.2, -0.15) is 0 Å². The topological polar surface area (TPSA) is 55.4 Å². The number of Topliss-reactive ketones (excluding diaryl/α,β-unsaturated/α-hetero) is 1. The Hall–Kier alpha value is -2.04. The first-order valence-corrected chi connectivity index (χ1v) is 9.22. The molecule has 0 heterocycles. The second kappa shape index (κ2) is 10.2. The van der Waals surface area contributed by atoms with Crippen LogP contribution in [0.2, 0.25) is 10.0 Å². The molecular weight excluding hydrogens is 373 g/mol. The molecule has 138 valence electrons. The Labute approximate surface area is 163 Å². The van der Waals surface area contributed by atoms with Gasteiger partial charge in [0.1, 0.15) is 5.75 Å². The minimum Gasteiger partial charge on any atom is -0.484 e. The smallest absolute Gasteiger partial charge is 0.257 e. The van der Waals surface area contributed by atoms with Crippen molar-refractivity contribution in [2.24, 2.45) is 0 Å². The molecule has 0 aliphatic carbocycles. The molecule has 0 unspecified atom stereocenters. The van der Waals surface area contributed by atoms with E-state index in [2.05, 4.69) is 5.32 Å². The average Bonchev–Trinajstić information content (AvgIpc) is 2.66. The van der Waals surface area contributed by atoms with E-state index in [-0.39, 0.29) is 18.3 Å². The predicted molar refractivity (Wildman–Crippen MR) is 104 cm³/mol. The number of aryl methyl sites for hydroxylation is 1. The first-order chi connectivity index (χ1) is 12.5. The van der Waals surface area contributed by atoms with Gasteiger partial charge in [0.05, 0.1) is 10.0 Å². The molecule has 0 saturated heterocycles. The van der Waals surface area contributed by atoms with Gasteiger partial charge in [-0.25, -0.2) is 0 Å². The van der Waals surface area contributed by atoms with E-state index in [1.165, 1.54) is 0 Å². The van der Waals surface area contributed by atoms with Gasteiger partial charge in [0.15, 0.2) is 12.4 Å². The number of hydrogen-bond donors (Lipinski definition) is 1. The number of carbonyl (C=O) groups is 2. The Morgan fingerprint density at radius 1 is 1.04 bits per heavy atom. The Balaban J connectivity index is 1.67. The number of ether oxygens (including phenoxy) is 1. The number of nitrogens with one attached hydrogen (secondary N) is 1. The Morgan fingerprint density at radius 3 is 2.42 bits per heavy atom. The van der Waals surface area contributed by atoms with Crippen LogP contribution in [0.15, 0.2) is 42.5 Å². The fraction of sp³-hybridized carbons (Fsp3) is 0.300. The summed E-state index contributed by atoms with van der Waals surface area (Å²) in [5.41, 5.74) is 1.72. The van der Waals surface area contributed by atoms with Crippen molar-refractivity contribution in [2.45, 2.75) is 26.2 Å². The summed E-state index contributed by atoms with van der Waals surface area (Å²) in [7, 11) is 0. The zero-order valence-corrected chi connectivity index (χ0v) is 16.1. The fourth-order valence-electron chi connectivity index (χ4n) is 2.36. The van der Waals surface area contributed by atoms with Gasteiger partial charge in [0.25, 0.3) is 5.91 Å². The highest BCUT2D eigenvalue weighted by Crippen LogP contribution is 2.23. The van der Waals surface area contributed by atoms with Crippen molar-refractivity contribution in [1.29, 1.82) is 0 Å². The summed E-state index contributed by atoms with van der Waals surface area (Å²) in [6, 6.07) is 12.3. The van der Waals surface area contributed by atoms with Crippen molar-refractivity contribution in [1.82, 2.24) is 5.32 Å². The summed E-state index contributed by atoms with van der Waals surface area (Å²) in [6.45, 7) is 2.30. The maximum Gasteiger partial charge on any atom is 0.257 e. The highest BCUT2D eigenvalue weighted by molar-refractivity contribution is 6.42. The largest absolute Gasteiger partial charge is 0.484 e. The number of halogens is 2.